The van der Waals surface area contributed by atoms with E-state index in [2.05, 4.69) is 258 Å². The summed E-state index contributed by atoms with van der Waals surface area (Å²) in [5.41, 5.74) is 20.5. The van der Waals surface area contributed by atoms with E-state index in [1.807, 2.05) is 12.1 Å². The molecule has 15 rings (SSSR count). The predicted octanol–water partition coefficient (Wildman–Crippen LogP) is 16.2. The summed E-state index contributed by atoms with van der Waals surface area (Å²) in [7, 11) is 0. The molecule has 73 heavy (non-hydrogen) atoms. The fraction of sp³-hybridized carbons (Fsp3) is 0.194. The zero-order valence-electron chi connectivity index (χ0n) is 42.6. The summed E-state index contributed by atoms with van der Waals surface area (Å²) in [4.78, 5) is 5.35. The van der Waals surface area contributed by atoms with Crippen LogP contribution in [0.1, 0.15) is 84.8 Å². The van der Waals surface area contributed by atoms with Gasteiger partial charge in [-0.15, -0.1) is 0 Å². The molecule has 4 aromatic heterocycles. The second-order valence-corrected chi connectivity index (χ2v) is 22.4. The van der Waals surface area contributed by atoms with Gasteiger partial charge in [0.15, 0.2) is 0 Å². The number of hydrogen-bond acceptors (Lipinski definition) is 2. The molecule has 0 atom stereocenters. The number of nitrogens with zero attached hydrogens (tertiary/aromatic N) is 4. The van der Waals surface area contributed by atoms with Gasteiger partial charge in [0, 0.05) is 17.2 Å². The molecule has 0 N–H and O–H groups in total. The number of aromatic nitrogens is 4. The van der Waals surface area contributed by atoms with Crippen LogP contribution in [0.4, 0.5) is 0 Å². The normalized spacial score (nSPS) is 13.0. The Labute approximate surface area is 439 Å². The zero-order valence-corrected chi connectivity index (χ0v) is 44.9. The quantitative estimate of drug-likeness (QED) is 0.142. The van der Waals surface area contributed by atoms with Crippen LogP contribution < -0.4 is 4.74 Å². The fourth-order valence-electron chi connectivity index (χ4n) is 11.1. The second-order valence-electron chi connectivity index (χ2n) is 21.4. The van der Waals surface area contributed by atoms with Crippen molar-refractivity contribution in [3.8, 4) is 45.3 Å². The monoisotopic (exact) mass is 1130 g/mol. The molecular formula is C67H58N4OPt-2. The average molecular weight is 1130 g/mol. The molecule has 2 aliphatic carbocycles. The molecule has 0 saturated heterocycles. The van der Waals surface area contributed by atoms with Gasteiger partial charge >= 0.3 is 261 Å². The number of aryl methyl sites for hydroxylation is 4. The van der Waals surface area contributed by atoms with Crippen LogP contribution in [0.5, 0.6) is 11.5 Å². The van der Waals surface area contributed by atoms with E-state index < -0.39 is 0 Å². The standard InChI is InChI=1S/C67H58N4O.Pt/c1-44-45(2)47-22-21-46(44)23-24-50-28-33-54(32-27-47)70-43-69(42-64(50)70)55-19-14-20-56(38-55)72-57-34-35-58-59-37-51(48-15-10-8-11-16-48)29-36-62(59)71(63(58)39-57)65-40-61(67(6,7)53-17-12-9-13-18-53)60(41-68-65)49-25-30-52(31-26-49)66(3,4)5;/h8-22,25-26,28-31,33-37,40-42H,23-24,27,32H2,1-7H3;/q-2;. The van der Waals surface area contributed by atoms with Gasteiger partial charge in [-0.05, 0) is 38.8 Å². The molecule has 0 saturated carbocycles. The minimum absolute atomic E-state index is 0.0469. The predicted molar refractivity (Wildman–Crippen MR) is 295 cm³/mol. The van der Waals surface area contributed by atoms with E-state index in [0.29, 0.717) is 11.5 Å². The Balaban J connectivity index is 0.970. The Morgan fingerprint density at radius 2 is 1.23 bits per heavy atom. The number of pyridine rings is 2. The van der Waals surface area contributed by atoms with E-state index in [1.165, 1.54) is 61.3 Å². The zero-order chi connectivity index (χ0) is 50.2. The van der Waals surface area contributed by atoms with E-state index >= 15 is 0 Å². The van der Waals surface area contributed by atoms with Crippen LogP contribution in [0.15, 0.2) is 176 Å². The molecule has 2 aliphatic heterocycles. The summed E-state index contributed by atoms with van der Waals surface area (Å²) in [6.07, 6.45) is 8.29. The third-order valence-corrected chi connectivity index (χ3v) is 16.7. The van der Waals surface area contributed by atoms with Crippen molar-refractivity contribution in [3.63, 3.8) is 0 Å². The molecule has 5 nitrogen and oxygen atoms in total. The Kier molecular flexibility index (Phi) is 11.7. The molecule has 364 valence electrons. The van der Waals surface area contributed by atoms with Crippen LogP contribution in [0.3, 0.4) is 0 Å². The fourth-order valence-corrected chi connectivity index (χ4v) is 12.1. The van der Waals surface area contributed by atoms with Gasteiger partial charge in [-0.3, -0.25) is 0 Å². The summed E-state index contributed by atoms with van der Waals surface area (Å²) >= 11 is 2.49. The summed E-state index contributed by atoms with van der Waals surface area (Å²) in [5.74, 6) is 2.04. The summed E-state index contributed by atoms with van der Waals surface area (Å²) in [6, 6.07) is 66.7. The Morgan fingerprint density at radius 3 is 1.97 bits per heavy atom. The van der Waals surface area contributed by atoms with E-state index in [9.17, 15) is 0 Å². The SMILES string of the molecule is Cc1c2ccc(c1C)CCc1ccc(c3cn(-c4[c-]c(Oc5[c-]c6c(cc5)c5cc(-c7ccccc7)ccc5n6-c5cc(C(C)(C)c6ccccc6)c(-c6ccc(C(C)(C)C)cc6)cn5)ccc4)[c](=[Pt])n13)CC2. The first-order valence-electron chi connectivity index (χ1n) is 25.5. The van der Waals surface area contributed by atoms with Gasteiger partial charge in [-0.25, -0.2) is 0 Å². The molecule has 7 aromatic carbocycles. The summed E-state index contributed by atoms with van der Waals surface area (Å²) in [5, 5.41) is 2.19. The molecule has 4 aliphatic rings. The summed E-state index contributed by atoms with van der Waals surface area (Å²) < 4.78 is 14.9. The van der Waals surface area contributed by atoms with Gasteiger partial charge in [0.1, 0.15) is 0 Å². The van der Waals surface area contributed by atoms with Gasteiger partial charge in [-0.1, -0.05) is 126 Å². The van der Waals surface area contributed by atoms with Crippen molar-refractivity contribution in [1.82, 2.24) is 18.5 Å². The molecular weight excluding hydrogens is 1070 g/mol. The number of benzene rings is 7. The third-order valence-electron chi connectivity index (χ3n) is 15.6. The van der Waals surface area contributed by atoms with Crippen molar-refractivity contribution in [2.45, 2.75) is 85.0 Å². The van der Waals surface area contributed by atoms with Crippen molar-refractivity contribution in [2.24, 2.45) is 0 Å². The molecule has 6 heteroatoms. The number of ether oxygens (including phenoxy) is 1. The van der Waals surface area contributed by atoms with Crippen LogP contribution in [0.2, 0.25) is 0 Å². The van der Waals surface area contributed by atoms with Crippen LogP contribution >= 0.6 is 0 Å². The number of imidazole rings is 1. The van der Waals surface area contributed by atoms with Crippen molar-refractivity contribution in [1.29, 1.82) is 0 Å². The van der Waals surface area contributed by atoms with Crippen LogP contribution in [0.25, 0.3) is 61.1 Å². The first kappa shape index (κ1) is 46.7. The average Bonchev–Trinajstić information content (AvgIpc) is 3.92. The molecule has 6 heterocycles. The summed E-state index contributed by atoms with van der Waals surface area (Å²) in [6.45, 7) is 16.0. The van der Waals surface area contributed by atoms with E-state index in [0.717, 1.165) is 79.5 Å². The Morgan fingerprint density at radius 1 is 0.562 bits per heavy atom. The Bertz CT molecular complexity index is 3980. The van der Waals surface area contributed by atoms with Crippen LogP contribution in [0, 0.1) is 29.8 Å². The first-order valence-corrected chi connectivity index (χ1v) is 26.7. The number of hydrogen-bond donors (Lipinski definition) is 0. The van der Waals surface area contributed by atoms with Gasteiger partial charge in [0.25, 0.3) is 0 Å². The first-order chi connectivity index (χ1) is 35.3. The van der Waals surface area contributed by atoms with Gasteiger partial charge in [-0.2, -0.15) is 0 Å². The van der Waals surface area contributed by atoms with Crippen molar-refractivity contribution in [3.05, 3.63) is 242 Å². The van der Waals surface area contributed by atoms with E-state index in [1.54, 1.807) is 0 Å². The number of fused-ring (bicyclic) bond motifs is 3. The molecule has 11 aromatic rings. The molecule has 0 spiro atoms. The van der Waals surface area contributed by atoms with Crippen molar-refractivity contribution < 1.29 is 24.1 Å². The topological polar surface area (TPSA) is 36.4 Å². The van der Waals surface area contributed by atoms with Crippen LogP contribution in [-0.4, -0.2) is 18.5 Å². The second kappa shape index (κ2) is 18.3. The van der Waals surface area contributed by atoms with Crippen molar-refractivity contribution >= 4 is 27.3 Å². The van der Waals surface area contributed by atoms with Gasteiger partial charge < -0.3 is 0 Å². The number of rotatable bonds is 8. The molecule has 0 unspecified atom stereocenters. The Hall–Kier alpha value is -7.33. The van der Waals surface area contributed by atoms with Gasteiger partial charge in [0.2, 0.25) is 0 Å². The van der Waals surface area contributed by atoms with Crippen molar-refractivity contribution in [2.75, 3.05) is 0 Å². The third kappa shape index (κ3) is 8.42. The van der Waals surface area contributed by atoms with Gasteiger partial charge in [0.05, 0.1) is 0 Å². The maximum atomic E-state index is 6.82. The molecule has 0 fully saturated rings. The van der Waals surface area contributed by atoms with E-state index in [4.69, 9.17) is 9.72 Å². The maximum absolute atomic E-state index is 6.82. The molecule has 4 bridgehead atoms. The molecule has 0 radical (unpaired) electrons. The van der Waals surface area contributed by atoms with Crippen LogP contribution in [-0.2, 0) is 55.9 Å². The van der Waals surface area contributed by atoms with E-state index in [-0.39, 0.29) is 10.8 Å². The molecule has 0 amide bonds. The minimum atomic E-state index is -0.362.